The Morgan fingerprint density at radius 1 is 0.612 bits per heavy atom. The van der Waals surface area contributed by atoms with Gasteiger partial charge in [0.25, 0.3) is 0 Å². The standard InChI is InChI=1S/C41H40N2O6/c44-41-36(42-43(33-22-12-4-13-23-33)34-24-14-5-15-25-34)38-40(49-41)39(47-28-32-20-10-3-11-21-32)37(48-38)35(46-27-31-18-8-2-9-19-31)29-45-26-30-16-6-1-7-17-30/h1-25,35-40,42H,26-29H2/t35-,36-,37-,38-,39+,40+/m1/s1. The van der Waals surface area contributed by atoms with Gasteiger partial charge in [0.15, 0.2) is 12.1 Å². The molecule has 6 atom stereocenters. The normalized spacial score (nSPS) is 22.0. The fourth-order valence-electron chi connectivity index (χ4n) is 6.31. The van der Waals surface area contributed by atoms with Gasteiger partial charge in [-0.05, 0) is 41.0 Å². The number of fused-ring (bicyclic) bond motifs is 1. The van der Waals surface area contributed by atoms with Crippen molar-refractivity contribution in [3.8, 4) is 0 Å². The number of hydrogen-bond acceptors (Lipinski definition) is 8. The molecule has 0 radical (unpaired) electrons. The largest absolute Gasteiger partial charge is 0.455 e. The molecule has 8 heteroatoms. The number of carbonyl (C=O) groups excluding carboxylic acids is 1. The third kappa shape index (κ3) is 8.08. The molecule has 0 saturated carbocycles. The van der Waals surface area contributed by atoms with Crippen molar-refractivity contribution in [1.29, 1.82) is 0 Å². The van der Waals surface area contributed by atoms with Crippen LogP contribution in [0.1, 0.15) is 16.7 Å². The minimum atomic E-state index is -0.807. The molecule has 0 unspecified atom stereocenters. The van der Waals surface area contributed by atoms with Crippen molar-refractivity contribution in [3.05, 3.63) is 168 Å². The maximum Gasteiger partial charge on any atom is 0.328 e. The van der Waals surface area contributed by atoms with E-state index in [2.05, 4.69) is 5.43 Å². The fourth-order valence-corrected chi connectivity index (χ4v) is 6.31. The molecule has 0 aliphatic carbocycles. The van der Waals surface area contributed by atoms with Crippen LogP contribution in [0.3, 0.4) is 0 Å². The number of nitrogens with one attached hydrogen (secondary N) is 1. The molecule has 0 bridgehead atoms. The molecule has 0 spiro atoms. The summed E-state index contributed by atoms with van der Waals surface area (Å²) < 4.78 is 32.4. The molecule has 0 aromatic heterocycles. The van der Waals surface area contributed by atoms with Crippen LogP contribution in [0, 0.1) is 0 Å². The summed E-state index contributed by atoms with van der Waals surface area (Å²) in [7, 11) is 0. The van der Waals surface area contributed by atoms with Gasteiger partial charge in [-0.15, -0.1) is 0 Å². The number of hydrogen-bond donors (Lipinski definition) is 1. The van der Waals surface area contributed by atoms with Crippen LogP contribution in [-0.2, 0) is 48.3 Å². The molecule has 8 nitrogen and oxygen atoms in total. The third-order valence-corrected chi connectivity index (χ3v) is 8.77. The van der Waals surface area contributed by atoms with Crippen LogP contribution in [0.5, 0.6) is 0 Å². The van der Waals surface area contributed by atoms with E-state index in [1.807, 2.05) is 157 Å². The molecule has 2 aliphatic heterocycles. The summed E-state index contributed by atoms with van der Waals surface area (Å²) in [4.78, 5) is 13.6. The molecule has 250 valence electrons. The summed E-state index contributed by atoms with van der Waals surface area (Å²) in [6, 6.07) is 48.9. The zero-order valence-corrected chi connectivity index (χ0v) is 27.1. The molecule has 49 heavy (non-hydrogen) atoms. The van der Waals surface area contributed by atoms with E-state index < -0.39 is 42.5 Å². The van der Waals surface area contributed by atoms with E-state index in [-0.39, 0.29) is 6.61 Å². The SMILES string of the molecule is O=C1O[C@@H]2[C@@H](OCc3ccccc3)[C@@H]([C@@H](COCc3ccccc3)OCc3ccccc3)O[C@@H]2[C@H]1NN(c1ccccc1)c1ccccc1. The van der Waals surface area contributed by atoms with Gasteiger partial charge in [0.2, 0.25) is 0 Å². The second-order valence-corrected chi connectivity index (χ2v) is 12.2. The van der Waals surface area contributed by atoms with Crippen LogP contribution in [0.2, 0.25) is 0 Å². The molecular formula is C41H40N2O6. The number of para-hydroxylation sites is 2. The van der Waals surface area contributed by atoms with E-state index in [1.54, 1.807) is 0 Å². The highest BCUT2D eigenvalue weighted by molar-refractivity contribution is 5.80. The minimum Gasteiger partial charge on any atom is -0.455 e. The van der Waals surface area contributed by atoms with Gasteiger partial charge in [-0.1, -0.05) is 127 Å². The van der Waals surface area contributed by atoms with Crippen LogP contribution in [0.15, 0.2) is 152 Å². The third-order valence-electron chi connectivity index (χ3n) is 8.77. The predicted octanol–water partition coefficient (Wildman–Crippen LogP) is 6.78. The summed E-state index contributed by atoms with van der Waals surface area (Å²) in [5, 5.41) is 1.90. The van der Waals surface area contributed by atoms with Crippen molar-refractivity contribution < 1.29 is 28.5 Å². The van der Waals surface area contributed by atoms with E-state index in [0.717, 1.165) is 28.1 Å². The summed E-state index contributed by atoms with van der Waals surface area (Å²) in [5.41, 5.74) is 8.29. The average Bonchev–Trinajstić information content (AvgIpc) is 3.66. The van der Waals surface area contributed by atoms with E-state index in [1.165, 1.54) is 0 Å². The summed E-state index contributed by atoms with van der Waals surface area (Å²) in [6.07, 6.45) is -3.02. The molecule has 5 aromatic rings. The van der Waals surface area contributed by atoms with Crippen molar-refractivity contribution in [1.82, 2.24) is 5.43 Å². The molecule has 0 amide bonds. The molecule has 1 N–H and O–H groups in total. The van der Waals surface area contributed by atoms with Gasteiger partial charge in [0.1, 0.15) is 24.4 Å². The fraction of sp³-hybridized carbons (Fsp3) is 0.244. The van der Waals surface area contributed by atoms with Crippen molar-refractivity contribution in [2.45, 2.75) is 56.4 Å². The lowest BCUT2D eigenvalue weighted by atomic mass is 10.0. The lowest BCUT2D eigenvalue weighted by molar-refractivity contribution is -0.162. The van der Waals surface area contributed by atoms with E-state index in [4.69, 9.17) is 23.7 Å². The van der Waals surface area contributed by atoms with Crippen molar-refractivity contribution in [2.75, 3.05) is 11.6 Å². The number of benzene rings is 5. The molecular weight excluding hydrogens is 616 g/mol. The average molecular weight is 657 g/mol. The highest BCUT2D eigenvalue weighted by Gasteiger charge is 2.60. The smallest absolute Gasteiger partial charge is 0.328 e. The van der Waals surface area contributed by atoms with Gasteiger partial charge >= 0.3 is 5.97 Å². The quantitative estimate of drug-likeness (QED) is 0.0977. The molecule has 2 fully saturated rings. The first-order chi connectivity index (χ1) is 24.2. The first-order valence-electron chi connectivity index (χ1n) is 16.7. The zero-order valence-electron chi connectivity index (χ0n) is 27.1. The molecule has 2 aliphatic rings. The van der Waals surface area contributed by atoms with Crippen LogP contribution in [0.4, 0.5) is 11.4 Å². The van der Waals surface area contributed by atoms with Gasteiger partial charge in [-0.2, -0.15) is 0 Å². The van der Waals surface area contributed by atoms with Crippen molar-refractivity contribution >= 4 is 17.3 Å². The molecule has 2 saturated heterocycles. The van der Waals surface area contributed by atoms with E-state index in [9.17, 15) is 4.79 Å². The number of esters is 1. The Kier molecular flexibility index (Phi) is 10.7. The predicted molar refractivity (Wildman–Crippen MR) is 187 cm³/mol. The van der Waals surface area contributed by atoms with E-state index in [0.29, 0.717) is 19.8 Å². The molecule has 7 rings (SSSR count). The highest BCUT2D eigenvalue weighted by atomic mass is 16.7. The van der Waals surface area contributed by atoms with E-state index >= 15 is 0 Å². The van der Waals surface area contributed by atoms with Crippen LogP contribution < -0.4 is 10.4 Å². The Morgan fingerprint density at radius 2 is 1.10 bits per heavy atom. The minimum absolute atomic E-state index is 0.253. The lowest BCUT2D eigenvalue weighted by Gasteiger charge is -2.31. The monoisotopic (exact) mass is 656 g/mol. The second kappa shape index (κ2) is 16.0. The van der Waals surface area contributed by atoms with Crippen molar-refractivity contribution in [3.63, 3.8) is 0 Å². The summed E-state index contributed by atoms with van der Waals surface area (Å²) >= 11 is 0. The first kappa shape index (κ1) is 32.7. The van der Waals surface area contributed by atoms with Crippen LogP contribution in [-0.4, -0.2) is 49.1 Å². The van der Waals surface area contributed by atoms with Crippen LogP contribution in [0.25, 0.3) is 0 Å². The maximum atomic E-state index is 13.6. The Bertz CT molecular complexity index is 1690. The number of anilines is 2. The van der Waals surface area contributed by atoms with Gasteiger partial charge in [0.05, 0.1) is 37.8 Å². The Morgan fingerprint density at radius 3 is 1.65 bits per heavy atom. The Hall–Kier alpha value is -4.83. The number of hydrazine groups is 1. The van der Waals surface area contributed by atoms with Gasteiger partial charge < -0.3 is 23.7 Å². The molecule has 2 heterocycles. The van der Waals surface area contributed by atoms with Gasteiger partial charge in [-0.25, -0.2) is 5.43 Å². The Labute approximate surface area is 287 Å². The Balaban J connectivity index is 1.16. The maximum absolute atomic E-state index is 13.6. The summed E-state index contributed by atoms with van der Waals surface area (Å²) in [5.74, 6) is -0.402. The second-order valence-electron chi connectivity index (χ2n) is 12.2. The van der Waals surface area contributed by atoms with Crippen LogP contribution >= 0.6 is 0 Å². The number of nitrogens with zero attached hydrogens (tertiary/aromatic N) is 1. The highest BCUT2D eigenvalue weighted by Crippen LogP contribution is 2.38. The summed E-state index contributed by atoms with van der Waals surface area (Å²) in [6.45, 7) is 1.35. The van der Waals surface area contributed by atoms with Crippen molar-refractivity contribution in [2.24, 2.45) is 0 Å². The number of rotatable bonds is 15. The number of carbonyl (C=O) groups is 1. The molecule has 5 aromatic carbocycles. The lowest BCUT2D eigenvalue weighted by Crippen LogP contribution is -2.51. The number of ether oxygens (including phenoxy) is 5. The van der Waals surface area contributed by atoms with Gasteiger partial charge in [-0.3, -0.25) is 9.80 Å². The first-order valence-corrected chi connectivity index (χ1v) is 16.7. The van der Waals surface area contributed by atoms with Gasteiger partial charge in [0, 0.05) is 0 Å². The zero-order chi connectivity index (χ0) is 33.3. The topological polar surface area (TPSA) is 78.5 Å².